The molecule has 0 unspecified atom stereocenters. The van der Waals surface area contributed by atoms with Gasteiger partial charge in [-0.05, 0) is 38.4 Å². The van der Waals surface area contributed by atoms with Crippen molar-refractivity contribution in [2.24, 2.45) is 7.05 Å². The number of hydrogen-bond donors (Lipinski definition) is 0. The predicted octanol–water partition coefficient (Wildman–Crippen LogP) is 2.20. The molecule has 0 radical (unpaired) electrons. The fourth-order valence-electron chi connectivity index (χ4n) is 2.90. The maximum atomic E-state index is 5.90. The van der Waals surface area contributed by atoms with Crippen LogP contribution in [0, 0.1) is 6.92 Å². The highest BCUT2D eigenvalue weighted by Gasteiger charge is 2.29. The third-order valence-electron chi connectivity index (χ3n) is 4.19. The van der Waals surface area contributed by atoms with E-state index in [1.54, 1.807) is 7.11 Å². The van der Waals surface area contributed by atoms with Gasteiger partial charge in [-0.2, -0.15) is 0 Å². The van der Waals surface area contributed by atoms with E-state index in [9.17, 15) is 0 Å². The smallest absolute Gasteiger partial charge is 0.146 e. The first-order valence-electron chi connectivity index (χ1n) is 7.35. The van der Waals surface area contributed by atoms with Gasteiger partial charge in [-0.25, -0.2) is 0 Å². The number of aryl methyl sites for hydroxylation is 1. The minimum Gasteiger partial charge on any atom is -0.462 e. The topological polar surface area (TPSA) is 56.3 Å². The second kappa shape index (κ2) is 5.99. The van der Waals surface area contributed by atoms with Gasteiger partial charge in [0.2, 0.25) is 0 Å². The van der Waals surface area contributed by atoms with E-state index in [0.29, 0.717) is 12.6 Å². The van der Waals surface area contributed by atoms with Gasteiger partial charge in [-0.15, -0.1) is 10.2 Å². The van der Waals surface area contributed by atoms with Crippen LogP contribution in [0.5, 0.6) is 0 Å². The highest BCUT2D eigenvalue weighted by Crippen LogP contribution is 2.34. The fourth-order valence-corrected chi connectivity index (χ4v) is 2.90. The number of likely N-dealkylation sites (tertiary alicyclic amines) is 1. The van der Waals surface area contributed by atoms with E-state index in [-0.39, 0.29) is 0 Å². The maximum Gasteiger partial charge on any atom is 0.146 e. The Balaban J connectivity index is 1.74. The second-order valence-electron chi connectivity index (χ2n) is 5.59. The zero-order valence-electron chi connectivity index (χ0n) is 12.9. The van der Waals surface area contributed by atoms with Crippen LogP contribution in [0.15, 0.2) is 16.5 Å². The van der Waals surface area contributed by atoms with E-state index in [4.69, 9.17) is 9.15 Å². The number of furan rings is 1. The summed E-state index contributed by atoms with van der Waals surface area (Å²) in [6.45, 7) is 4.37. The second-order valence-corrected chi connectivity index (χ2v) is 5.59. The molecule has 0 saturated carbocycles. The molecule has 1 aliphatic heterocycles. The molecule has 3 rings (SSSR count). The lowest BCUT2D eigenvalue weighted by Gasteiger charge is -2.22. The molecule has 2 aromatic heterocycles. The van der Waals surface area contributed by atoms with Gasteiger partial charge in [0.1, 0.15) is 29.8 Å². The van der Waals surface area contributed by atoms with Crippen molar-refractivity contribution < 1.29 is 9.15 Å². The van der Waals surface area contributed by atoms with E-state index >= 15 is 0 Å². The minimum absolute atomic E-state index is 0.326. The average Bonchev–Trinajstić information content (AvgIpc) is 3.16. The Morgan fingerprint density at radius 3 is 2.95 bits per heavy atom. The minimum atomic E-state index is 0.326. The van der Waals surface area contributed by atoms with Gasteiger partial charge in [0.25, 0.3) is 0 Å². The summed E-state index contributed by atoms with van der Waals surface area (Å²) < 4.78 is 13.1. The summed E-state index contributed by atoms with van der Waals surface area (Å²) >= 11 is 0. The first-order valence-corrected chi connectivity index (χ1v) is 7.35. The van der Waals surface area contributed by atoms with Crippen molar-refractivity contribution in [3.8, 4) is 0 Å². The highest BCUT2D eigenvalue weighted by molar-refractivity contribution is 5.12. The van der Waals surface area contributed by atoms with Crippen molar-refractivity contribution in [2.75, 3.05) is 13.7 Å². The molecule has 6 nitrogen and oxygen atoms in total. The Kier molecular flexibility index (Phi) is 4.07. The van der Waals surface area contributed by atoms with E-state index < -0.39 is 0 Å². The lowest BCUT2D eigenvalue weighted by molar-refractivity contribution is 0.155. The Morgan fingerprint density at radius 1 is 1.38 bits per heavy atom. The first-order chi connectivity index (χ1) is 10.2. The predicted molar refractivity (Wildman–Crippen MR) is 77.5 cm³/mol. The lowest BCUT2D eigenvalue weighted by atomic mass is 10.1. The summed E-state index contributed by atoms with van der Waals surface area (Å²) in [6.07, 6.45) is 2.30. The van der Waals surface area contributed by atoms with Gasteiger partial charge in [-0.3, -0.25) is 4.90 Å². The van der Waals surface area contributed by atoms with Gasteiger partial charge in [0, 0.05) is 14.2 Å². The zero-order valence-corrected chi connectivity index (χ0v) is 12.9. The molecule has 1 atom stereocenters. The number of methoxy groups -OCH3 is 1. The van der Waals surface area contributed by atoms with Crippen LogP contribution < -0.4 is 0 Å². The van der Waals surface area contributed by atoms with Crippen molar-refractivity contribution in [1.82, 2.24) is 19.7 Å². The molecule has 1 fully saturated rings. The van der Waals surface area contributed by atoms with Crippen LogP contribution in [0.4, 0.5) is 0 Å². The summed E-state index contributed by atoms with van der Waals surface area (Å²) in [6, 6.07) is 4.40. The van der Waals surface area contributed by atoms with E-state index in [1.165, 1.54) is 6.42 Å². The normalized spacial score (nSPS) is 19.5. The molecule has 0 bridgehead atoms. The zero-order chi connectivity index (χ0) is 14.8. The largest absolute Gasteiger partial charge is 0.462 e. The molecule has 1 saturated heterocycles. The SMILES string of the molecule is COCc1ccc([C@H]2CCCN2Cc2nnc(C)n2C)o1. The van der Waals surface area contributed by atoms with Crippen LogP contribution in [0.2, 0.25) is 0 Å². The standard InChI is InChI=1S/C15H22N4O2/c1-11-16-17-15(18(11)2)9-19-8-4-5-13(19)14-7-6-12(21-14)10-20-3/h6-7,13H,4-5,8-10H2,1-3H3/t13-/m1/s1. The molecule has 1 aliphatic rings. The van der Waals surface area contributed by atoms with Crippen molar-refractivity contribution in [3.05, 3.63) is 35.3 Å². The summed E-state index contributed by atoms with van der Waals surface area (Å²) in [5, 5.41) is 8.39. The van der Waals surface area contributed by atoms with E-state index in [0.717, 1.165) is 42.7 Å². The number of nitrogens with zero attached hydrogens (tertiary/aromatic N) is 4. The number of ether oxygens (including phenoxy) is 1. The van der Waals surface area contributed by atoms with Crippen LogP contribution in [-0.4, -0.2) is 33.3 Å². The molecular weight excluding hydrogens is 268 g/mol. The van der Waals surface area contributed by atoms with Gasteiger partial charge < -0.3 is 13.7 Å². The van der Waals surface area contributed by atoms with Crippen molar-refractivity contribution in [2.45, 2.75) is 39.0 Å². The summed E-state index contributed by atoms with van der Waals surface area (Å²) in [5.41, 5.74) is 0. The molecule has 0 N–H and O–H groups in total. The number of hydrogen-bond acceptors (Lipinski definition) is 5. The Bertz CT molecular complexity index is 605. The fraction of sp³-hybridized carbons (Fsp3) is 0.600. The van der Waals surface area contributed by atoms with Crippen molar-refractivity contribution in [1.29, 1.82) is 0 Å². The molecule has 0 aliphatic carbocycles. The van der Waals surface area contributed by atoms with Gasteiger partial charge >= 0.3 is 0 Å². The Hall–Kier alpha value is -1.66. The maximum absolute atomic E-state index is 5.90. The average molecular weight is 290 g/mol. The molecule has 0 spiro atoms. The van der Waals surface area contributed by atoms with Crippen LogP contribution in [-0.2, 0) is 24.9 Å². The van der Waals surface area contributed by atoms with Crippen LogP contribution in [0.1, 0.15) is 42.1 Å². The number of aromatic nitrogens is 3. The molecule has 2 aromatic rings. The Morgan fingerprint density at radius 2 is 2.24 bits per heavy atom. The van der Waals surface area contributed by atoms with E-state index in [1.807, 2.05) is 24.6 Å². The molecule has 3 heterocycles. The monoisotopic (exact) mass is 290 g/mol. The molecule has 0 aromatic carbocycles. The van der Waals surface area contributed by atoms with Crippen molar-refractivity contribution in [3.63, 3.8) is 0 Å². The summed E-state index contributed by atoms with van der Waals surface area (Å²) in [5.74, 6) is 3.86. The summed E-state index contributed by atoms with van der Waals surface area (Å²) in [7, 11) is 3.69. The Labute approximate surface area is 124 Å². The van der Waals surface area contributed by atoms with Gasteiger partial charge in [0.15, 0.2) is 0 Å². The van der Waals surface area contributed by atoms with Crippen LogP contribution in [0.25, 0.3) is 0 Å². The summed E-state index contributed by atoms with van der Waals surface area (Å²) in [4.78, 5) is 2.42. The first kappa shape index (κ1) is 14.3. The van der Waals surface area contributed by atoms with Gasteiger partial charge in [-0.1, -0.05) is 0 Å². The van der Waals surface area contributed by atoms with Gasteiger partial charge in [0.05, 0.1) is 12.6 Å². The molecular formula is C15H22N4O2. The highest BCUT2D eigenvalue weighted by atomic mass is 16.5. The molecule has 6 heteroatoms. The van der Waals surface area contributed by atoms with E-state index in [2.05, 4.69) is 21.2 Å². The van der Waals surface area contributed by atoms with Crippen molar-refractivity contribution >= 4 is 0 Å². The molecule has 21 heavy (non-hydrogen) atoms. The molecule has 114 valence electrons. The van der Waals surface area contributed by atoms with Crippen LogP contribution in [0.3, 0.4) is 0 Å². The third kappa shape index (κ3) is 2.87. The third-order valence-corrected chi connectivity index (χ3v) is 4.19. The lowest BCUT2D eigenvalue weighted by Crippen LogP contribution is -2.24. The number of rotatable bonds is 5. The molecule has 0 amide bonds. The van der Waals surface area contributed by atoms with Crippen LogP contribution >= 0.6 is 0 Å². The quantitative estimate of drug-likeness (QED) is 0.845.